The van der Waals surface area contributed by atoms with E-state index >= 15 is 0 Å². The fourth-order valence-corrected chi connectivity index (χ4v) is 4.60. The van der Waals surface area contributed by atoms with Crippen molar-refractivity contribution >= 4 is 29.3 Å². The Labute approximate surface area is 141 Å². The van der Waals surface area contributed by atoms with Crippen molar-refractivity contribution in [2.75, 3.05) is 31.9 Å². The van der Waals surface area contributed by atoms with Crippen LogP contribution in [-0.4, -0.2) is 42.7 Å². The van der Waals surface area contributed by atoms with Crippen molar-refractivity contribution < 1.29 is 4.79 Å². The number of nitrogens with zero attached hydrogens (tertiary/aromatic N) is 1. The van der Waals surface area contributed by atoms with E-state index in [1.165, 1.54) is 6.42 Å². The van der Waals surface area contributed by atoms with Gasteiger partial charge in [-0.25, -0.2) is 0 Å². The van der Waals surface area contributed by atoms with E-state index in [2.05, 4.69) is 10.2 Å². The van der Waals surface area contributed by atoms with Gasteiger partial charge in [-0.2, -0.15) is 0 Å². The average molecular weight is 339 g/mol. The predicted molar refractivity (Wildman–Crippen MR) is 92.5 cm³/mol. The van der Waals surface area contributed by atoms with E-state index in [-0.39, 0.29) is 0 Å². The monoisotopic (exact) mass is 338 g/mol. The van der Waals surface area contributed by atoms with Crippen molar-refractivity contribution in [3.8, 4) is 0 Å². The Balaban J connectivity index is 1.42. The highest BCUT2D eigenvalue weighted by Gasteiger charge is 2.37. The third-order valence-corrected chi connectivity index (χ3v) is 6.44. The SMILES string of the molecule is O=C(CCSc1ccccc1Cl)N1CCC2(CCNC2)CC1. The number of thioether (sulfide) groups is 1. The van der Waals surface area contributed by atoms with Gasteiger partial charge in [0.25, 0.3) is 0 Å². The van der Waals surface area contributed by atoms with E-state index in [4.69, 9.17) is 11.6 Å². The molecule has 1 aromatic rings. The molecule has 2 saturated heterocycles. The Hall–Kier alpha value is -0.710. The van der Waals surface area contributed by atoms with Crippen LogP contribution in [0.4, 0.5) is 0 Å². The fraction of sp³-hybridized carbons (Fsp3) is 0.588. The second-order valence-electron chi connectivity index (χ2n) is 6.34. The van der Waals surface area contributed by atoms with Crippen molar-refractivity contribution in [1.29, 1.82) is 0 Å². The number of hydrogen-bond donors (Lipinski definition) is 1. The summed E-state index contributed by atoms with van der Waals surface area (Å²) in [7, 11) is 0. The third-order valence-electron chi connectivity index (χ3n) is 4.92. The van der Waals surface area contributed by atoms with Crippen molar-refractivity contribution in [1.82, 2.24) is 10.2 Å². The van der Waals surface area contributed by atoms with Crippen LogP contribution >= 0.6 is 23.4 Å². The van der Waals surface area contributed by atoms with Gasteiger partial charge in [0.15, 0.2) is 0 Å². The number of likely N-dealkylation sites (tertiary alicyclic amines) is 1. The highest BCUT2D eigenvalue weighted by molar-refractivity contribution is 7.99. The maximum Gasteiger partial charge on any atom is 0.223 e. The van der Waals surface area contributed by atoms with Crippen LogP contribution < -0.4 is 5.32 Å². The Kier molecular flexibility index (Phi) is 5.32. The fourth-order valence-electron chi connectivity index (χ4n) is 3.42. The summed E-state index contributed by atoms with van der Waals surface area (Å²) in [5.74, 6) is 1.09. The second kappa shape index (κ2) is 7.24. The summed E-state index contributed by atoms with van der Waals surface area (Å²) in [4.78, 5) is 15.5. The summed E-state index contributed by atoms with van der Waals surface area (Å²) in [6.45, 7) is 4.13. The summed E-state index contributed by atoms with van der Waals surface area (Å²) in [5.41, 5.74) is 0.475. The lowest BCUT2D eigenvalue weighted by molar-refractivity contribution is -0.132. The zero-order chi connectivity index (χ0) is 15.4. The molecular weight excluding hydrogens is 316 g/mol. The van der Waals surface area contributed by atoms with Gasteiger partial charge >= 0.3 is 0 Å². The lowest BCUT2D eigenvalue weighted by Gasteiger charge is -2.39. The van der Waals surface area contributed by atoms with Gasteiger partial charge < -0.3 is 10.2 Å². The van der Waals surface area contributed by atoms with Gasteiger partial charge in [-0.3, -0.25) is 4.79 Å². The minimum absolute atomic E-state index is 0.292. The molecule has 22 heavy (non-hydrogen) atoms. The van der Waals surface area contributed by atoms with Crippen LogP contribution in [0.1, 0.15) is 25.7 Å². The molecule has 0 bridgehead atoms. The Morgan fingerprint density at radius 1 is 1.27 bits per heavy atom. The zero-order valence-electron chi connectivity index (χ0n) is 12.8. The Morgan fingerprint density at radius 2 is 2.05 bits per heavy atom. The molecule has 0 saturated carbocycles. The molecule has 0 atom stereocenters. The topological polar surface area (TPSA) is 32.3 Å². The number of carbonyl (C=O) groups excluding carboxylic acids is 1. The number of nitrogens with one attached hydrogen (secondary N) is 1. The number of carbonyl (C=O) groups is 1. The van der Waals surface area contributed by atoms with Crippen LogP contribution in [0.3, 0.4) is 0 Å². The Bertz CT molecular complexity index is 521. The first-order valence-corrected chi connectivity index (χ1v) is 9.41. The van der Waals surface area contributed by atoms with Crippen LogP contribution in [0, 0.1) is 5.41 Å². The summed E-state index contributed by atoms with van der Waals surface area (Å²) in [5, 5.41) is 4.24. The molecule has 0 unspecified atom stereocenters. The maximum atomic E-state index is 12.3. The first-order valence-electron chi connectivity index (χ1n) is 8.04. The van der Waals surface area contributed by atoms with Gasteiger partial charge in [0, 0.05) is 36.7 Å². The normalized spacial score (nSPS) is 20.5. The largest absolute Gasteiger partial charge is 0.343 e. The molecule has 2 fully saturated rings. The molecule has 1 amide bonds. The van der Waals surface area contributed by atoms with E-state index in [1.54, 1.807) is 11.8 Å². The highest BCUT2D eigenvalue weighted by Crippen LogP contribution is 2.37. The van der Waals surface area contributed by atoms with Crippen LogP contribution in [0.25, 0.3) is 0 Å². The molecule has 0 radical (unpaired) electrons. The van der Waals surface area contributed by atoms with Gasteiger partial charge in [0.2, 0.25) is 5.91 Å². The molecule has 2 heterocycles. The molecule has 2 aliphatic rings. The molecule has 3 nitrogen and oxygen atoms in total. The molecule has 1 spiro atoms. The quantitative estimate of drug-likeness (QED) is 0.854. The average Bonchev–Trinajstić information content (AvgIpc) is 2.98. The van der Waals surface area contributed by atoms with Gasteiger partial charge in [-0.05, 0) is 43.4 Å². The van der Waals surface area contributed by atoms with Crippen LogP contribution in [0.2, 0.25) is 5.02 Å². The van der Waals surface area contributed by atoms with Crippen molar-refractivity contribution in [2.45, 2.75) is 30.6 Å². The third kappa shape index (κ3) is 3.79. The molecule has 1 N–H and O–H groups in total. The Morgan fingerprint density at radius 3 is 2.73 bits per heavy atom. The molecule has 0 aromatic heterocycles. The first-order chi connectivity index (χ1) is 10.7. The van der Waals surface area contributed by atoms with Gasteiger partial charge in [-0.1, -0.05) is 23.7 Å². The summed E-state index contributed by atoms with van der Waals surface area (Å²) < 4.78 is 0. The number of piperidine rings is 1. The number of halogens is 1. The number of amides is 1. The highest BCUT2D eigenvalue weighted by atomic mass is 35.5. The van der Waals surface area contributed by atoms with Gasteiger partial charge in [-0.15, -0.1) is 11.8 Å². The van der Waals surface area contributed by atoms with E-state index in [1.807, 2.05) is 24.3 Å². The zero-order valence-corrected chi connectivity index (χ0v) is 14.4. The molecule has 0 aliphatic carbocycles. The number of rotatable bonds is 4. The summed E-state index contributed by atoms with van der Waals surface area (Å²) in [6.07, 6.45) is 4.19. The van der Waals surface area contributed by atoms with E-state index in [9.17, 15) is 4.79 Å². The maximum absolute atomic E-state index is 12.3. The minimum Gasteiger partial charge on any atom is -0.343 e. The van der Waals surface area contributed by atoms with Crippen molar-refractivity contribution in [3.05, 3.63) is 29.3 Å². The molecule has 120 valence electrons. The van der Waals surface area contributed by atoms with E-state index in [0.717, 1.165) is 54.7 Å². The molecular formula is C17H23ClN2OS. The number of benzene rings is 1. The van der Waals surface area contributed by atoms with Gasteiger partial charge in [0.1, 0.15) is 0 Å². The standard InChI is InChI=1S/C17H23ClN2OS/c18-14-3-1-2-4-15(14)22-12-5-16(21)20-10-7-17(8-11-20)6-9-19-13-17/h1-4,19H,5-13H2. The lowest BCUT2D eigenvalue weighted by atomic mass is 9.78. The van der Waals surface area contributed by atoms with Crippen molar-refractivity contribution in [3.63, 3.8) is 0 Å². The molecule has 5 heteroatoms. The predicted octanol–water partition coefficient (Wildman–Crippen LogP) is 3.42. The second-order valence-corrected chi connectivity index (χ2v) is 7.88. The summed E-state index contributed by atoms with van der Waals surface area (Å²) >= 11 is 7.80. The van der Waals surface area contributed by atoms with E-state index in [0.29, 0.717) is 17.7 Å². The smallest absolute Gasteiger partial charge is 0.223 e. The first kappa shape index (κ1) is 16.2. The molecule has 1 aromatic carbocycles. The van der Waals surface area contributed by atoms with Crippen LogP contribution in [-0.2, 0) is 4.79 Å². The molecule has 2 aliphatic heterocycles. The number of hydrogen-bond acceptors (Lipinski definition) is 3. The van der Waals surface area contributed by atoms with Crippen LogP contribution in [0.15, 0.2) is 29.2 Å². The minimum atomic E-state index is 0.292. The van der Waals surface area contributed by atoms with E-state index < -0.39 is 0 Å². The van der Waals surface area contributed by atoms with Crippen LogP contribution in [0.5, 0.6) is 0 Å². The van der Waals surface area contributed by atoms with Crippen molar-refractivity contribution in [2.24, 2.45) is 5.41 Å². The lowest BCUT2D eigenvalue weighted by Crippen LogP contribution is -2.44. The van der Waals surface area contributed by atoms with Gasteiger partial charge in [0.05, 0.1) is 5.02 Å². The molecule has 3 rings (SSSR count). The summed E-state index contributed by atoms with van der Waals surface area (Å²) in [6, 6.07) is 7.81.